The zero-order valence-corrected chi connectivity index (χ0v) is 15.1. The summed E-state index contributed by atoms with van der Waals surface area (Å²) in [4.78, 5) is 3.28. The minimum atomic E-state index is -0.716. The number of nitrogens with one attached hydrogen (secondary N) is 2. The van der Waals surface area contributed by atoms with Gasteiger partial charge in [0, 0.05) is 11.6 Å². The molecule has 5 heteroatoms. The normalized spacial score (nSPS) is 14.3. The predicted molar refractivity (Wildman–Crippen MR) is 98.4 cm³/mol. The van der Waals surface area contributed by atoms with Crippen LogP contribution >= 0.6 is 22.9 Å². The van der Waals surface area contributed by atoms with Crippen molar-refractivity contribution in [3.05, 3.63) is 57.1 Å². The molecule has 3 nitrogen and oxygen atoms in total. The molecule has 0 bridgehead atoms. The lowest BCUT2D eigenvalue weighted by molar-refractivity contribution is 0.122. The monoisotopic (exact) mass is 348 g/mol. The molecule has 0 saturated carbocycles. The van der Waals surface area contributed by atoms with E-state index in [0.29, 0.717) is 0 Å². The molecule has 1 aromatic carbocycles. The molecule has 2 unspecified atom stereocenters. The molecule has 0 fully saturated rings. The van der Waals surface area contributed by atoms with Gasteiger partial charge in [-0.3, -0.25) is 5.32 Å². The fraction of sp³-hybridized carbons (Fsp3) is 0.333. The van der Waals surface area contributed by atoms with E-state index in [0.717, 1.165) is 32.2 Å². The Morgan fingerprint density at radius 2 is 2.04 bits per heavy atom. The number of halogens is 1. The van der Waals surface area contributed by atoms with Crippen LogP contribution in [0.5, 0.6) is 0 Å². The van der Waals surface area contributed by atoms with Gasteiger partial charge in [0.1, 0.15) is 6.23 Å². The second kappa shape index (κ2) is 6.65. The number of aliphatic hydroxyl groups excluding tert-OH is 1. The van der Waals surface area contributed by atoms with Crippen LogP contribution in [-0.2, 0) is 6.42 Å². The molecule has 0 saturated heterocycles. The topological polar surface area (TPSA) is 48.0 Å². The first-order valence-corrected chi connectivity index (χ1v) is 8.91. The van der Waals surface area contributed by atoms with Gasteiger partial charge in [-0.1, -0.05) is 35.9 Å². The summed E-state index contributed by atoms with van der Waals surface area (Å²) < 4.78 is 1.88. The van der Waals surface area contributed by atoms with Crippen molar-refractivity contribution in [3.63, 3.8) is 0 Å². The number of fused-ring (bicyclic) bond motifs is 1. The van der Waals surface area contributed by atoms with Crippen LogP contribution in [0.15, 0.2) is 30.3 Å². The van der Waals surface area contributed by atoms with Gasteiger partial charge in [0.2, 0.25) is 0 Å². The molecule has 2 aromatic heterocycles. The number of rotatable bonds is 5. The zero-order chi connectivity index (χ0) is 16.6. The number of aliphatic hydroxyl groups is 1. The Bertz CT molecular complexity index is 824. The number of aromatic nitrogens is 1. The van der Waals surface area contributed by atoms with Crippen LogP contribution in [0.25, 0.3) is 10.2 Å². The minimum absolute atomic E-state index is 0.164. The fourth-order valence-electron chi connectivity index (χ4n) is 2.82. The molecule has 3 aromatic rings. The summed E-state index contributed by atoms with van der Waals surface area (Å²) in [6.07, 6.45) is 0.163. The van der Waals surface area contributed by atoms with Gasteiger partial charge in [-0.05, 0) is 44.4 Å². The Morgan fingerprint density at radius 1 is 1.30 bits per heavy atom. The number of hydrogen-bond donors (Lipinski definition) is 3. The van der Waals surface area contributed by atoms with Gasteiger partial charge in [-0.15, -0.1) is 11.3 Å². The summed E-state index contributed by atoms with van der Waals surface area (Å²) in [5.41, 5.74) is 5.42. The molecule has 0 aliphatic carbocycles. The van der Waals surface area contributed by atoms with Gasteiger partial charge >= 0.3 is 0 Å². The van der Waals surface area contributed by atoms with E-state index in [1.807, 2.05) is 19.1 Å². The standard InChI is InChI=1S/C18H21ClN2OS/c1-10-6-4-5-7-13(10)8-11(2)20-18(22)14-9-15-16(21-14)12(3)17(19)23-15/h4-7,9,11,18,20-22H,8H2,1-3H3. The first-order valence-electron chi connectivity index (χ1n) is 7.72. The highest BCUT2D eigenvalue weighted by atomic mass is 35.5. The van der Waals surface area contributed by atoms with Crippen LogP contribution in [0.1, 0.15) is 35.5 Å². The summed E-state index contributed by atoms with van der Waals surface area (Å²) in [5, 5.41) is 13.7. The first-order chi connectivity index (χ1) is 11.0. The van der Waals surface area contributed by atoms with Crippen molar-refractivity contribution in [1.82, 2.24) is 10.3 Å². The van der Waals surface area contributed by atoms with Crippen LogP contribution in [0.3, 0.4) is 0 Å². The zero-order valence-electron chi connectivity index (χ0n) is 13.5. The summed E-state index contributed by atoms with van der Waals surface area (Å²) in [6.45, 7) is 6.19. The van der Waals surface area contributed by atoms with Crippen LogP contribution in [0.2, 0.25) is 4.34 Å². The van der Waals surface area contributed by atoms with E-state index in [9.17, 15) is 5.11 Å². The van der Waals surface area contributed by atoms with E-state index in [1.54, 1.807) is 0 Å². The highest BCUT2D eigenvalue weighted by molar-refractivity contribution is 7.22. The van der Waals surface area contributed by atoms with E-state index in [2.05, 4.69) is 42.3 Å². The number of benzene rings is 1. The lowest BCUT2D eigenvalue weighted by Crippen LogP contribution is -2.32. The number of aromatic amines is 1. The molecule has 2 heterocycles. The first kappa shape index (κ1) is 16.5. The Labute approximate surface area is 145 Å². The molecular weight excluding hydrogens is 328 g/mol. The molecule has 122 valence electrons. The van der Waals surface area contributed by atoms with Gasteiger partial charge < -0.3 is 10.1 Å². The maximum atomic E-state index is 10.4. The van der Waals surface area contributed by atoms with Crippen molar-refractivity contribution >= 4 is 33.2 Å². The molecule has 23 heavy (non-hydrogen) atoms. The van der Waals surface area contributed by atoms with Crippen molar-refractivity contribution in [2.24, 2.45) is 0 Å². The third kappa shape index (κ3) is 3.45. The maximum Gasteiger partial charge on any atom is 0.146 e. The summed E-state index contributed by atoms with van der Waals surface area (Å²) >= 11 is 7.67. The third-order valence-corrected chi connectivity index (χ3v) is 5.74. The SMILES string of the molecule is Cc1ccccc1CC(C)NC(O)c1cc2sc(Cl)c(C)c2[nH]1. The average Bonchev–Trinajstić information content (AvgIpc) is 3.02. The largest absolute Gasteiger partial charge is 0.373 e. The number of hydrogen-bond acceptors (Lipinski definition) is 3. The summed E-state index contributed by atoms with van der Waals surface area (Å²) in [6, 6.07) is 10.5. The van der Waals surface area contributed by atoms with Crippen molar-refractivity contribution in [1.29, 1.82) is 0 Å². The number of H-pyrrole nitrogens is 1. The summed E-state index contributed by atoms with van der Waals surface area (Å²) in [7, 11) is 0. The van der Waals surface area contributed by atoms with Gasteiger partial charge in [-0.2, -0.15) is 0 Å². The molecule has 0 amide bonds. The van der Waals surface area contributed by atoms with Crippen molar-refractivity contribution in [2.45, 2.75) is 39.5 Å². The number of aryl methyl sites for hydroxylation is 2. The number of thiophene rings is 1. The van der Waals surface area contributed by atoms with Gasteiger partial charge in [0.05, 0.1) is 20.2 Å². The highest BCUT2D eigenvalue weighted by Crippen LogP contribution is 2.35. The van der Waals surface area contributed by atoms with Crippen molar-refractivity contribution < 1.29 is 5.11 Å². The van der Waals surface area contributed by atoms with Crippen LogP contribution in [0, 0.1) is 13.8 Å². The Kier molecular flexibility index (Phi) is 4.78. The van der Waals surface area contributed by atoms with E-state index < -0.39 is 6.23 Å². The molecule has 0 aliphatic rings. The summed E-state index contributed by atoms with van der Waals surface area (Å²) in [5.74, 6) is 0. The van der Waals surface area contributed by atoms with E-state index in [4.69, 9.17) is 11.6 Å². The molecule has 3 rings (SSSR count). The Balaban J connectivity index is 1.70. The molecule has 2 atom stereocenters. The second-order valence-electron chi connectivity index (χ2n) is 6.07. The maximum absolute atomic E-state index is 10.4. The third-order valence-electron chi connectivity index (χ3n) is 4.20. The van der Waals surface area contributed by atoms with E-state index >= 15 is 0 Å². The van der Waals surface area contributed by atoms with Crippen LogP contribution < -0.4 is 5.32 Å². The lowest BCUT2D eigenvalue weighted by Gasteiger charge is -2.19. The molecule has 0 spiro atoms. The van der Waals surface area contributed by atoms with Crippen LogP contribution in [0.4, 0.5) is 0 Å². The van der Waals surface area contributed by atoms with E-state index in [-0.39, 0.29) is 6.04 Å². The Hall–Kier alpha value is -1.33. The van der Waals surface area contributed by atoms with Crippen molar-refractivity contribution in [2.75, 3.05) is 0 Å². The molecular formula is C18H21ClN2OS. The highest BCUT2D eigenvalue weighted by Gasteiger charge is 2.17. The quantitative estimate of drug-likeness (QED) is 0.585. The molecule has 0 radical (unpaired) electrons. The second-order valence-corrected chi connectivity index (χ2v) is 7.72. The van der Waals surface area contributed by atoms with Gasteiger partial charge in [-0.25, -0.2) is 0 Å². The smallest absolute Gasteiger partial charge is 0.146 e. The van der Waals surface area contributed by atoms with Gasteiger partial charge in [0.15, 0.2) is 0 Å². The lowest BCUT2D eigenvalue weighted by atomic mass is 10.0. The minimum Gasteiger partial charge on any atom is -0.373 e. The fourth-order valence-corrected chi connectivity index (χ4v) is 4.10. The van der Waals surface area contributed by atoms with Crippen molar-refractivity contribution in [3.8, 4) is 0 Å². The van der Waals surface area contributed by atoms with Crippen LogP contribution in [-0.4, -0.2) is 16.1 Å². The molecule has 3 N–H and O–H groups in total. The average molecular weight is 349 g/mol. The Morgan fingerprint density at radius 3 is 2.74 bits per heavy atom. The predicted octanol–water partition coefficient (Wildman–Crippen LogP) is 4.71. The molecule has 0 aliphatic heterocycles. The van der Waals surface area contributed by atoms with E-state index in [1.165, 1.54) is 22.5 Å². The van der Waals surface area contributed by atoms with Gasteiger partial charge in [0.25, 0.3) is 0 Å².